The van der Waals surface area contributed by atoms with Gasteiger partial charge in [-0.2, -0.15) is 5.10 Å². The van der Waals surface area contributed by atoms with Crippen LogP contribution in [0.3, 0.4) is 0 Å². The van der Waals surface area contributed by atoms with E-state index in [0.29, 0.717) is 11.5 Å². The van der Waals surface area contributed by atoms with E-state index in [0.717, 1.165) is 5.56 Å². The van der Waals surface area contributed by atoms with Gasteiger partial charge in [0.15, 0.2) is 0 Å². The Hall–Kier alpha value is -1.95. The second-order valence-electron chi connectivity index (χ2n) is 4.82. The summed E-state index contributed by atoms with van der Waals surface area (Å²) in [6.45, 7) is 4.04. The SMILES string of the molecule is COC(c1nc(-c2cnn(C)c2)cc(=O)[nH]1)C(C)C. The van der Waals surface area contributed by atoms with Crippen molar-refractivity contribution in [3.05, 3.63) is 34.6 Å². The Morgan fingerprint density at radius 2 is 2.16 bits per heavy atom. The van der Waals surface area contributed by atoms with E-state index < -0.39 is 0 Å². The number of aryl methyl sites for hydroxylation is 1. The third kappa shape index (κ3) is 2.90. The number of H-pyrrole nitrogens is 1. The van der Waals surface area contributed by atoms with Gasteiger partial charge in [0.25, 0.3) is 5.56 Å². The highest BCUT2D eigenvalue weighted by molar-refractivity contribution is 5.56. The summed E-state index contributed by atoms with van der Waals surface area (Å²) in [4.78, 5) is 19.0. The molecule has 2 aromatic heterocycles. The summed E-state index contributed by atoms with van der Waals surface area (Å²) in [5.41, 5.74) is 1.23. The Morgan fingerprint density at radius 1 is 1.42 bits per heavy atom. The van der Waals surface area contributed by atoms with Gasteiger partial charge >= 0.3 is 0 Å². The van der Waals surface area contributed by atoms with Crippen molar-refractivity contribution in [2.24, 2.45) is 13.0 Å². The number of nitrogens with zero attached hydrogens (tertiary/aromatic N) is 3. The summed E-state index contributed by atoms with van der Waals surface area (Å²) in [5.74, 6) is 0.765. The van der Waals surface area contributed by atoms with Crippen LogP contribution in [0, 0.1) is 5.92 Å². The van der Waals surface area contributed by atoms with Gasteiger partial charge in [0.1, 0.15) is 11.9 Å². The van der Waals surface area contributed by atoms with Crippen LogP contribution in [0.2, 0.25) is 0 Å². The summed E-state index contributed by atoms with van der Waals surface area (Å²) in [5, 5.41) is 4.09. The number of hydrogen-bond acceptors (Lipinski definition) is 4. The minimum atomic E-state index is -0.232. The molecule has 0 aliphatic heterocycles. The highest BCUT2D eigenvalue weighted by Crippen LogP contribution is 2.23. The summed E-state index contributed by atoms with van der Waals surface area (Å²) in [6, 6.07) is 1.47. The van der Waals surface area contributed by atoms with Gasteiger partial charge in [-0.15, -0.1) is 0 Å². The van der Waals surface area contributed by atoms with Gasteiger partial charge in [0.05, 0.1) is 11.9 Å². The lowest BCUT2D eigenvalue weighted by molar-refractivity contribution is 0.0573. The van der Waals surface area contributed by atoms with Crippen LogP contribution in [0.4, 0.5) is 0 Å². The van der Waals surface area contributed by atoms with Crippen LogP contribution in [-0.2, 0) is 11.8 Å². The smallest absolute Gasteiger partial charge is 0.251 e. The van der Waals surface area contributed by atoms with E-state index in [9.17, 15) is 4.79 Å². The number of ether oxygens (including phenoxy) is 1. The van der Waals surface area contributed by atoms with E-state index in [1.165, 1.54) is 6.07 Å². The van der Waals surface area contributed by atoms with E-state index in [1.54, 1.807) is 18.0 Å². The zero-order chi connectivity index (χ0) is 14.0. The fraction of sp³-hybridized carbons (Fsp3) is 0.462. The molecule has 0 aliphatic rings. The largest absolute Gasteiger partial charge is 0.373 e. The van der Waals surface area contributed by atoms with Gasteiger partial charge in [-0.3, -0.25) is 9.48 Å². The topological polar surface area (TPSA) is 72.8 Å². The molecule has 0 saturated heterocycles. The molecule has 0 spiro atoms. The van der Waals surface area contributed by atoms with Crippen molar-refractivity contribution in [1.82, 2.24) is 19.7 Å². The molecular weight excluding hydrogens is 244 g/mol. The van der Waals surface area contributed by atoms with E-state index >= 15 is 0 Å². The van der Waals surface area contributed by atoms with Crippen molar-refractivity contribution in [2.45, 2.75) is 20.0 Å². The molecule has 0 bridgehead atoms. The lowest BCUT2D eigenvalue weighted by atomic mass is 10.1. The Balaban J connectivity index is 2.48. The first-order valence-corrected chi connectivity index (χ1v) is 6.14. The number of rotatable bonds is 4. The molecule has 0 aromatic carbocycles. The lowest BCUT2D eigenvalue weighted by Gasteiger charge is -2.18. The third-order valence-corrected chi connectivity index (χ3v) is 2.89. The molecule has 2 heterocycles. The average Bonchev–Trinajstić information content (AvgIpc) is 2.75. The Labute approximate surface area is 111 Å². The average molecular weight is 262 g/mol. The fourth-order valence-corrected chi connectivity index (χ4v) is 2.01. The Bertz CT molecular complexity index is 615. The zero-order valence-corrected chi connectivity index (χ0v) is 11.5. The molecule has 0 radical (unpaired) electrons. The molecule has 6 nitrogen and oxygen atoms in total. The van der Waals surface area contributed by atoms with Crippen molar-refractivity contribution in [3.63, 3.8) is 0 Å². The fourth-order valence-electron chi connectivity index (χ4n) is 2.01. The van der Waals surface area contributed by atoms with E-state index in [2.05, 4.69) is 15.1 Å². The molecule has 1 N–H and O–H groups in total. The van der Waals surface area contributed by atoms with Gasteiger partial charge in [-0.25, -0.2) is 4.98 Å². The monoisotopic (exact) mass is 262 g/mol. The molecule has 6 heteroatoms. The molecule has 0 saturated carbocycles. The van der Waals surface area contributed by atoms with Crippen LogP contribution in [0.1, 0.15) is 25.8 Å². The zero-order valence-electron chi connectivity index (χ0n) is 11.5. The maximum absolute atomic E-state index is 11.8. The number of aromatic nitrogens is 4. The maximum atomic E-state index is 11.8. The van der Waals surface area contributed by atoms with Crippen molar-refractivity contribution >= 4 is 0 Å². The van der Waals surface area contributed by atoms with Crippen LogP contribution in [0.5, 0.6) is 0 Å². The highest BCUT2D eigenvalue weighted by atomic mass is 16.5. The van der Waals surface area contributed by atoms with Crippen LogP contribution < -0.4 is 5.56 Å². The van der Waals surface area contributed by atoms with Crippen molar-refractivity contribution in [3.8, 4) is 11.3 Å². The summed E-state index contributed by atoms with van der Waals surface area (Å²) in [6.07, 6.45) is 3.27. The van der Waals surface area contributed by atoms with Crippen LogP contribution in [-0.4, -0.2) is 26.9 Å². The summed E-state index contributed by atoms with van der Waals surface area (Å²) < 4.78 is 7.07. The van der Waals surface area contributed by atoms with Crippen LogP contribution in [0.25, 0.3) is 11.3 Å². The van der Waals surface area contributed by atoms with E-state index in [-0.39, 0.29) is 17.6 Å². The molecule has 0 amide bonds. The quantitative estimate of drug-likeness (QED) is 0.906. The second kappa shape index (κ2) is 5.36. The third-order valence-electron chi connectivity index (χ3n) is 2.89. The second-order valence-corrected chi connectivity index (χ2v) is 4.82. The standard InChI is InChI=1S/C13H18N4O2/c1-8(2)12(19-4)13-15-10(5-11(18)16-13)9-6-14-17(3)7-9/h5-8,12H,1-4H3,(H,15,16,18). The Kier molecular flexibility index (Phi) is 3.80. The number of hydrogen-bond donors (Lipinski definition) is 1. The van der Waals surface area contributed by atoms with Crippen LogP contribution in [0.15, 0.2) is 23.3 Å². The van der Waals surface area contributed by atoms with Gasteiger partial charge in [0.2, 0.25) is 0 Å². The van der Waals surface area contributed by atoms with Gasteiger partial charge in [-0.05, 0) is 5.92 Å². The first-order valence-electron chi connectivity index (χ1n) is 6.14. The van der Waals surface area contributed by atoms with Crippen molar-refractivity contribution in [2.75, 3.05) is 7.11 Å². The minimum absolute atomic E-state index is 0.188. The van der Waals surface area contributed by atoms with E-state index in [1.807, 2.05) is 27.1 Å². The molecule has 1 atom stereocenters. The molecule has 102 valence electrons. The molecule has 2 aromatic rings. The molecule has 2 rings (SSSR count). The van der Waals surface area contributed by atoms with Gasteiger partial charge in [0, 0.05) is 32.0 Å². The summed E-state index contributed by atoms with van der Waals surface area (Å²) in [7, 11) is 3.44. The first kappa shape index (κ1) is 13.5. The number of aromatic amines is 1. The normalized spacial score (nSPS) is 12.9. The predicted octanol–water partition coefficient (Wildman–Crippen LogP) is 1.51. The highest BCUT2D eigenvalue weighted by Gasteiger charge is 2.18. The molecular formula is C13H18N4O2. The first-order chi connectivity index (χ1) is 9.01. The predicted molar refractivity (Wildman–Crippen MR) is 71.6 cm³/mol. The van der Waals surface area contributed by atoms with Gasteiger partial charge < -0.3 is 9.72 Å². The molecule has 0 fully saturated rings. The minimum Gasteiger partial charge on any atom is -0.373 e. The lowest BCUT2D eigenvalue weighted by Crippen LogP contribution is -2.18. The molecule has 0 aliphatic carbocycles. The maximum Gasteiger partial charge on any atom is 0.251 e. The number of methoxy groups -OCH3 is 1. The molecule has 1 unspecified atom stereocenters. The van der Waals surface area contributed by atoms with Crippen molar-refractivity contribution in [1.29, 1.82) is 0 Å². The molecule has 19 heavy (non-hydrogen) atoms. The Morgan fingerprint density at radius 3 is 2.68 bits per heavy atom. The van der Waals surface area contributed by atoms with Crippen molar-refractivity contribution < 1.29 is 4.74 Å². The van der Waals surface area contributed by atoms with Crippen LogP contribution >= 0.6 is 0 Å². The van der Waals surface area contributed by atoms with E-state index in [4.69, 9.17) is 4.74 Å². The summed E-state index contributed by atoms with van der Waals surface area (Å²) >= 11 is 0. The number of nitrogens with one attached hydrogen (secondary N) is 1. The van der Waals surface area contributed by atoms with Gasteiger partial charge in [-0.1, -0.05) is 13.8 Å².